The molecule has 0 spiro atoms. The van der Waals surface area contributed by atoms with Gasteiger partial charge in [-0.3, -0.25) is 0 Å². The summed E-state index contributed by atoms with van der Waals surface area (Å²) in [4.78, 5) is 0. The molecule has 1 aromatic heterocycles. The average molecular weight is 222 g/mol. The molecule has 0 saturated heterocycles. The molecule has 1 fully saturated rings. The highest BCUT2D eigenvalue weighted by Gasteiger charge is 2.25. The maximum Gasteiger partial charge on any atom is 0.133 e. The van der Waals surface area contributed by atoms with Crippen molar-refractivity contribution in [2.75, 3.05) is 6.54 Å². The summed E-state index contributed by atoms with van der Waals surface area (Å²) in [6, 6.07) is 0.694. The second-order valence-corrected chi connectivity index (χ2v) is 4.78. The molecule has 1 aliphatic carbocycles. The highest BCUT2D eigenvalue weighted by Crippen LogP contribution is 2.35. The SMILES string of the molecule is CCC(CCN)CCc1nncn1C1CC1. The topological polar surface area (TPSA) is 56.7 Å². The number of aryl methyl sites for hydroxylation is 1. The van der Waals surface area contributed by atoms with E-state index in [-0.39, 0.29) is 0 Å². The smallest absolute Gasteiger partial charge is 0.133 e. The Labute approximate surface area is 97.2 Å². The predicted molar refractivity (Wildman–Crippen MR) is 64.1 cm³/mol. The van der Waals surface area contributed by atoms with E-state index >= 15 is 0 Å². The molecule has 0 amide bonds. The van der Waals surface area contributed by atoms with Gasteiger partial charge in [-0.2, -0.15) is 0 Å². The van der Waals surface area contributed by atoms with Gasteiger partial charge in [-0.1, -0.05) is 13.3 Å². The van der Waals surface area contributed by atoms with Crippen molar-refractivity contribution in [1.29, 1.82) is 0 Å². The van der Waals surface area contributed by atoms with Crippen LogP contribution in [0.4, 0.5) is 0 Å². The largest absolute Gasteiger partial charge is 0.330 e. The lowest BCUT2D eigenvalue weighted by Crippen LogP contribution is -2.10. The van der Waals surface area contributed by atoms with E-state index in [9.17, 15) is 0 Å². The minimum Gasteiger partial charge on any atom is -0.330 e. The van der Waals surface area contributed by atoms with Crippen LogP contribution in [-0.2, 0) is 6.42 Å². The zero-order valence-corrected chi connectivity index (χ0v) is 10.1. The molecule has 1 aliphatic rings. The van der Waals surface area contributed by atoms with Gasteiger partial charge >= 0.3 is 0 Å². The molecule has 2 rings (SSSR count). The van der Waals surface area contributed by atoms with Gasteiger partial charge in [-0.15, -0.1) is 10.2 Å². The van der Waals surface area contributed by atoms with Crippen LogP contribution in [0.2, 0.25) is 0 Å². The van der Waals surface area contributed by atoms with E-state index in [1.165, 1.54) is 25.7 Å². The third kappa shape index (κ3) is 2.82. The summed E-state index contributed by atoms with van der Waals surface area (Å²) in [5, 5.41) is 8.25. The maximum absolute atomic E-state index is 5.61. The summed E-state index contributed by atoms with van der Waals surface area (Å²) in [5.41, 5.74) is 5.61. The summed E-state index contributed by atoms with van der Waals surface area (Å²) in [6.07, 6.45) is 9.07. The second kappa shape index (κ2) is 5.43. The normalized spacial score (nSPS) is 17.6. The zero-order chi connectivity index (χ0) is 11.4. The lowest BCUT2D eigenvalue weighted by Gasteiger charge is -2.13. The van der Waals surface area contributed by atoms with E-state index < -0.39 is 0 Å². The van der Waals surface area contributed by atoms with E-state index in [1.807, 2.05) is 6.33 Å². The number of aromatic nitrogens is 3. The first kappa shape index (κ1) is 11.6. The number of hydrogen-bond donors (Lipinski definition) is 1. The van der Waals surface area contributed by atoms with Crippen molar-refractivity contribution in [1.82, 2.24) is 14.8 Å². The Morgan fingerprint density at radius 1 is 1.50 bits per heavy atom. The number of nitrogens with zero attached hydrogens (tertiary/aromatic N) is 3. The lowest BCUT2D eigenvalue weighted by atomic mass is 9.96. The van der Waals surface area contributed by atoms with Crippen LogP contribution in [0.1, 0.15) is 50.9 Å². The minimum absolute atomic E-state index is 0.694. The van der Waals surface area contributed by atoms with Crippen molar-refractivity contribution in [2.24, 2.45) is 11.7 Å². The number of hydrogen-bond acceptors (Lipinski definition) is 3. The van der Waals surface area contributed by atoms with Crippen LogP contribution in [0.25, 0.3) is 0 Å². The van der Waals surface area contributed by atoms with Crippen LogP contribution in [0.15, 0.2) is 6.33 Å². The molecule has 1 heterocycles. The average Bonchev–Trinajstić information content (AvgIpc) is 3.04. The van der Waals surface area contributed by atoms with Gasteiger partial charge in [-0.25, -0.2) is 0 Å². The lowest BCUT2D eigenvalue weighted by molar-refractivity contribution is 0.434. The molecule has 1 unspecified atom stereocenters. The molecule has 0 aliphatic heterocycles. The summed E-state index contributed by atoms with van der Waals surface area (Å²) >= 11 is 0. The Bertz CT molecular complexity index is 317. The van der Waals surface area contributed by atoms with Gasteiger partial charge in [0, 0.05) is 12.5 Å². The van der Waals surface area contributed by atoms with E-state index in [1.54, 1.807) is 0 Å². The van der Waals surface area contributed by atoms with Crippen LogP contribution in [0, 0.1) is 5.92 Å². The molecular formula is C12H22N4. The van der Waals surface area contributed by atoms with E-state index in [2.05, 4.69) is 21.7 Å². The predicted octanol–water partition coefficient (Wildman–Crippen LogP) is 1.92. The molecule has 4 heteroatoms. The molecule has 0 aromatic carbocycles. The first-order valence-electron chi connectivity index (χ1n) is 6.43. The Balaban J connectivity index is 1.85. The Hall–Kier alpha value is -0.900. The summed E-state index contributed by atoms with van der Waals surface area (Å²) < 4.78 is 2.26. The summed E-state index contributed by atoms with van der Waals surface area (Å²) in [6.45, 7) is 3.04. The summed E-state index contributed by atoms with van der Waals surface area (Å²) in [7, 11) is 0. The zero-order valence-electron chi connectivity index (χ0n) is 10.1. The number of nitrogens with two attached hydrogens (primary N) is 1. The van der Waals surface area contributed by atoms with Gasteiger partial charge in [0.2, 0.25) is 0 Å². The molecule has 0 radical (unpaired) electrons. The highest BCUT2D eigenvalue weighted by atomic mass is 15.3. The molecule has 1 saturated carbocycles. The van der Waals surface area contributed by atoms with E-state index in [0.717, 1.165) is 31.1 Å². The Kier molecular flexibility index (Phi) is 3.93. The van der Waals surface area contributed by atoms with Gasteiger partial charge in [0.05, 0.1) is 0 Å². The van der Waals surface area contributed by atoms with Crippen LogP contribution >= 0.6 is 0 Å². The second-order valence-electron chi connectivity index (χ2n) is 4.78. The van der Waals surface area contributed by atoms with E-state index in [4.69, 9.17) is 5.73 Å². The van der Waals surface area contributed by atoms with Crippen LogP contribution in [-0.4, -0.2) is 21.3 Å². The molecule has 16 heavy (non-hydrogen) atoms. The number of rotatable bonds is 7. The third-order valence-electron chi connectivity index (χ3n) is 3.52. The van der Waals surface area contributed by atoms with Gasteiger partial charge in [0.1, 0.15) is 12.2 Å². The fraction of sp³-hybridized carbons (Fsp3) is 0.833. The fourth-order valence-corrected chi connectivity index (χ4v) is 2.22. The first-order chi connectivity index (χ1) is 7.85. The van der Waals surface area contributed by atoms with Crippen molar-refractivity contribution < 1.29 is 0 Å². The van der Waals surface area contributed by atoms with Crippen LogP contribution in [0.5, 0.6) is 0 Å². The van der Waals surface area contributed by atoms with E-state index in [0.29, 0.717) is 6.04 Å². The van der Waals surface area contributed by atoms with Crippen molar-refractivity contribution >= 4 is 0 Å². The molecular weight excluding hydrogens is 200 g/mol. The standard InChI is InChI=1S/C12H22N4/c1-2-10(7-8-13)3-6-12-15-14-9-16(12)11-4-5-11/h9-11H,2-8,13H2,1H3. The van der Waals surface area contributed by atoms with Gasteiger partial charge in [0.15, 0.2) is 0 Å². The van der Waals surface area contributed by atoms with Crippen LogP contribution < -0.4 is 5.73 Å². The van der Waals surface area contributed by atoms with Gasteiger partial charge in [0.25, 0.3) is 0 Å². The third-order valence-corrected chi connectivity index (χ3v) is 3.52. The molecule has 2 N–H and O–H groups in total. The quantitative estimate of drug-likeness (QED) is 0.766. The van der Waals surface area contributed by atoms with Crippen LogP contribution in [0.3, 0.4) is 0 Å². The Morgan fingerprint density at radius 2 is 2.31 bits per heavy atom. The van der Waals surface area contributed by atoms with Gasteiger partial charge in [-0.05, 0) is 38.1 Å². The Morgan fingerprint density at radius 3 is 2.94 bits per heavy atom. The van der Waals surface area contributed by atoms with Crippen molar-refractivity contribution in [3.8, 4) is 0 Å². The minimum atomic E-state index is 0.694. The van der Waals surface area contributed by atoms with Gasteiger partial charge < -0.3 is 10.3 Å². The van der Waals surface area contributed by atoms with Crippen molar-refractivity contribution in [2.45, 2.75) is 51.5 Å². The van der Waals surface area contributed by atoms with Crippen molar-refractivity contribution in [3.05, 3.63) is 12.2 Å². The molecule has 1 atom stereocenters. The first-order valence-corrected chi connectivity index (χ1v) is 6.43. The molecule has 4 nitrogen and oxygen atoms in total. The fourth-order valence-electron chi connectivity index (χ4n) is 2.22. The summed E-state index contributed by atoms with van der Waals surface area (Å²) in [5.74, 6) is 1.91. The maximum atomic E-state index is 5.61. The van der Waals surface area contributed by atoms with Crippen molar-refractivity contribution in [3.63, 3.8) is 0 Å². The highest BCUT2D eigenvalue weighted by molar-refractivity contribution is 4.95. The molecule has 1 aromatic rings. The monoisotopic (exact) mass is 222 g/mol. The molecule has 90 valence electrons. The molecule has 0 bridgehead atoms.